The van der Waals surface area contributed by atoms with Gasteiger partial charge in [0.1, 0.15) is 48.0 Å². The average molecular weight is 1010 g/mol. The number of phenolic OH excluding ortho intramolecular Hbond substituents is 1. The summed E-state index contributed by atoms with van der Waals surface area (Å²) in [6, 6.07) is -6.23. The molecule has 0 bridgehead atoms. The van der Waals surface area contributed by atoms with Gasteiger partial charge < -0.3 is 64.8 Å². The summed E-state index contributed by atoms with van der Waals surface area (Å²) >= 11 is 0. The Bertz CT molecular complexity index is 2060. The number of phenols is 1. The van der Waals surface area contributed by atoms with Crippen molar-refractivity contribution in [3.63, 3.8) is 0 Å². The van der Waals surface area contributed by atoms with Crippen molar-refractivity contribution < 1.29 is 57.8 Å². The molecule has 0 spiro atoms. The van der Waals surface area contributed by atoms with E-state index in [4.69, 9.17) is 22.9 Å². The maximum absolute atomic E-state index is 14.5. The van der Waals surface area contributed by atoms with E-state index in [1.54, 1.807) is 27.7 Å². The van der Waals surface area contributed by atoms with E-state index in [0.717, 1.165) is 21.6 Å². The number of hydrogen-bond donors (Lipinski definition) is 11. The van der Waals surface area contributed by atoms with Gasteiger partial charge in [0.2, 0.25) is 53.2 Å². The summed E-state index contributed by atoms with van der Waals surface area (Å²) in [6.07, 6.45) is -0.784. The highest BCUT2D eigenvalue weighted by Crippen LogP contribution is 2.26. The molecule has 69 heavy (non-hydrogen) atoms. The van der Waals surface area contributed by atoms with Gasteiger partial charge >= 0.3 is 6.03 Å². The molecule has 0 aliphatic carbocycles. The van der Waals surface area contributed by atoms with Crippen molar-refractivity contribution in [1.29, 1.82) is 0 Å². The Kier molecular flexibility index (Phi) is 22.5. The van der Waals surface area contributed by atoms with Crippen LogP contribution in [0.1, 0.15) is 78.2 Å². The minimum Gasteiger partial charge on any atom is -0.508 e. The molecular weight excluding hydrogens is 941 g/mol. The minimum atomic E-state index is -1.76. The quantitative estimate of drug-likeness (QED) is 0.0799. The zero-order valence-electron chi connectivity index (χ0n) is 39.3. The Morgan fingerprint density at radius 2 is 1.41 bits per heavy atom. The summed E-state index contributed by atoms with van der Waals surface area (Å²) in [5.41, 5.74) is 23.1. The molecule has 2 aliphatic heterocycles. The number of benzene rings is 1. The van der Waals surface area contributed by atoms with E-state index in [1.165, 1.54) is 36.2 Å². The number of likely N-dealkylation sites (tertiary alicyclic amines) is 1. The Balaban J connectivity index is 2.07. The van der Waals surface area contributed by atoms with Crippen LogP contribution in [0.2, 0.25) is 0 Å². The van der Waals surface area contributed by atoms with E-state index in [0.29, 0.717) is 23.3 Å². The van der Waals surface area contributed by atoms with Crippen LogP contribution in [0, 0.1) is 11.8 Å². The van der Waals surface area contributed by atoms with Crippen molar-refractivity contribution in [2.45, 2.75) is 127 Å². The van der Waals surface area contributed by atoms with E-state index in [9.17, 15) is 57.8 Å². The number of aromatic hydroxyl groups is 1. The molecular formula is C43H66N12O12S2. The molecule has 3 rings (SSSR count). The largest absolute Gasteiger partial charge is 0.508 e. The molecule has 2 saturated heterocycles. The van der Waals surface area contributed by atoms with E-state index in [1.807, 2.05) is 0 Å². The molecule has 0 aromatic heterocycles. The summed E-state index contributed by atoms with van der Waals surface area (Å²) in [7, 11) is 3.20. The summed E-state index contributed by atoms with van der Waals surface area (Å²) in [5, 5.41) is 25.3. The van der Waals surface area contributed by atoms with Crippen molar-refractivity contribution in [3.8, 4) is 5.75 Å². The molecule has 2 heterocycles. The molecule has 382 valence electrons. The molecule has 0 unspecified atom stereocenters. The van der Waals surface area contributed by atoms with Crippen molar-refractivity contribution in [1.82, 2.24) is 41.7 Å². The molecule has 1 aromatic rings. The maximum atomic E-state index is 14.5. The number of urea groups is 1. The van der Waals surface area contributed by atoms with Gasteiger partial charge in [0.05, 0.1) is 12.5 Å². The van der Waals surface area contributed by atoms with Crippen LogP contribution in [0.15, 0.2) is 24.3 Å². The monoisotopic (exact) mass is 1010 g/mol. The SMILES string of the molecule is CC[C@H](C)[C@@H]1NC(=O)[C@H](Cc2ccc(O)cc2)NC(=O)[C@@H](N)CSSC[C@@H](C(=O)N2CCC[C@H]2C(=O)N[C@@H](CC(C)C)C(=O)N(C)C(N)=O)NC(=O)[C@H](CC(N)=O)NC(=O)[C@H](CCC(N)=O)NC1=O. The number of primary amides is 3. The van der Waals surface area contributed by atoms with Crippen LogP contribution in [0.25, 0.3) is 0 Å². The van der Waals surface area contributed by atoms with Gasteiger partial charge in [0, 0.05) is 37.9 Å². The lowest BCUT2D eigenvalue weighted by molar-refractivity contribution is -0.142. The molecule has 24 nitrogen and oxygen atoms in total. The Morgan fingerprint density at radius 1 is 0.812 bits per heavy atom. The highest BCUT2D eigenvalue weighted by Gasteiger charge is 2.41. The van der Waals surface area contributed by atoms with Gasteiger partial charge in [-0.1, -0.05) is 67.8 Å². The summed E-state index contributed by atoms with van der Waals surface area (Å²) in [4.78, 5) is 149. The third kappa shape index (κ3) is 17.7. The van der Waals surface area contributed by atoms with Crippen LogP contribution >= 0.6 is 21.6 Å². The number of hydrogen-bond acceptors (Lipinski definition) is 15. The van der Waals surface area contributed by atoms with Crippen LogP contribution < -0.4 is 54.8 Å². The molecule has 0 radical (unpaired) electrons. The van der Waals surface area contributed by atoms with Crippen molar-refractivity contribution in [2.75, 3.05) is 25.1 Å². The standard InChI is InChI=1S/C43H66N12O12S2/c1-6-22(4)34-40(64)48-26(13-14-32(45)57)36(60)50-28(18-33(46)58)37(61)52-30(20-69-68-19-25(44)35(59)49-27(38(62)53-34)17-23-9-11-24(56)12-10-23)42(66)55-15-7-8-31(55)39(63)51-29(16-21(2)3)41(65)54(5)43(47)67/h9-12,21-22,25-31,34,56H,6-8,13-20,44H2,1-5H3,(H2,45,57)(H2,46,58)(H2,47,67)(H,48,64)(H,49,59)(H,50,60)(H,51,63)(H,52,61)(H,53,62)/t22-,25-,26-,27-,28-,29-,30-,31-,34-/m0/s1. The Morgan fingerprint density at radius 3 is 2.00 bits per heavy atom. The van der Waals surface area contributed by atoms with Crippen molar-refractivity contribution >= 4 is 86.7 Å². The lowest BCUT2D eigenvalue weighted by atomic mass is 9.96. The molecule has 26 heteroatoms. The van der Waals surface area contributed by atoms with E-state index >= 15 is 0 Å². The highest BCUT2D eigenvalue weighted by atomic mass is 33.1. The first-order valence-corrected chi connectivity index (χ1v) is 25.0. The summed E-state index contributed by atoms with van der Waals surface area (Å²) in [6.45, 7) is 7.02. The smallest absolute Gasteiger partial charge is 0.321 e. The second-order valence-corrected chi connectivity index (χ2v) is 20.0. The van der Waals surface area contributed by atoms with Gasteiger partial charge in [-0.3, -0.25) is 52.8 Å². The van der Waals surface area contributed by atoms with Crippen LogP contribution in [-0.2, 0) is 54.4 Å². The fraction of sp³-hybridized carbons (Fsp3) is 0.605. The lowest BCUT2D eigenvalue weighted by Crippen LogP contribution is -2.61. The van der Waals surface area contributed by atoms with E-state index in [2.05, 4.69) is 31.9 Å². The molecule has 15 N–H and O–H groups in total. The first-order chi connectivity index (χ1) is 32.4. The highest BCUT2D eigenvalue weighted by molar-refractivity contribution is 8.76. The van der Waals surface area contributed by atoms with Gasteiger partial charge in [0.25, 0.3) is 5.91 Å². The molecule has 0 saturated carbocycles. The number of imide groups is 1. The van der Waals surface area contributed by atoms with Crippen molar-refractivity contribution in [2.24, 2.45) is 34.8 Å². The number of amides is 12. The first kappa shape index (κ1) is 57.2. The topological polar surface area (TPSA) is 391 Å². The fourth-order valence-electron chi connectivity index (χ4n) is 7.38. The van der Waals surface area contributed by atoms with E-state index in [-0.39, 0.29) is 49.0 Å². The minimum absolute atomic E-state index is 0.0371. The van der Waals surface area contributed by atoms with Crippen LogP contribution in [-0.4, -0.2) is 153 Å². The average Bonchev–Trinajstić information content (AvgIpc) is 3.79. The van der Waals surface area contributed by atoms with Gasteiger partial charge in [-0.05, 0) is 55.2 Å². The third-order valence-electron chi connectivity index (χ3n) is 11.5. The normalized spacial score (nSPS) is 24.3. The molecule has 12 amide bonds. The predicted octanol–water partition coefficient (Wildman–Crippen LogP) is -2.67. The number of rotatable bonds is 15. The zero-order valence-corrected chi connectivity index (χ0v) is 41.0. The zero-order chi connectivity index (χ0) is 51.7. The molecule has 1 aromatic carbocycles. The maximum Gasteiger partial charge on any atom is 0.321 e. The Hall–Kier alpha value is -6.15. The molecule has 2 fully saturated rings. The predicted molar refractivity (Wildman–Crippen MR) is 255 cm³/mol. The van der Waals surface area contributed by atoms with Gasteiger partial charge in [0.15, 0.2) is 0 Å². The van der Waals surface area contributed by atoms with Gasteiger partial charge in [-0.15, -0.1) is 0 Å². The number of carbonyl (C=O) groups excluding carboxylic acids is 11. The third-order valence-corrected chi connectivity index (χ3v) is 13.9. The van der Waals surface area contributed by atoms with Gasteiger partial charge in [-0.25, -0.2) is 4.79 Å². The first-order valence-electron chi connectivity index (χ1n) is 22.5. The van der Waals surface area contributed by atoms with Crippen molar-refractivity contribution in [3.05, 3.63) is 29.8 Å². The van der Waals surface area contributed by atoms with E-state index < -0.39 is 139 Å². The van der Waals surface area contributed by atoms with Crippen LogP contribution in [0.4, 0.5) is 4.79 Å². The number of nitrogens with one attached hydrogen (secondary N) is 6. The number of nitrogens with zero attached hydrogens (tertiary/aromatic N) is 2. The molecule has 2 aliphatic rings. The summed E-state index contributed by atoms with van der Waals surface area (Å²) < 4.78 is 0. The number of likely N-dealkylation sites (N-methyl/N-ethyl adjacent to an activating group) is 1. The lowest BCUT2D eigenvalue weighted by Gasteiger charge is -2.31. The van der Waals surface area contributed by atoms with Crippen LogP contribution in [0.3, 0.4) is 0 Å². The number of carbonyl (C=O) groups is 11. The fourth-order valence-corrected chi connectivity index (χ4v) is 9.66. The molecule has 9 atom stereocenters. The second kappa shape index (κ2) is 27.1. The van der Waals surface area contributed by atoms with Crippen LogP contribution in [0.5, 0.6) is 5.75 Å². The van der Waals surface area contributed by atoms with Gasteiger partial charge in [-0.2, -0.15) is 0 Å². The number of nitrogens with two attached hydrogens (primary N) is 4. The Labute approximate surface area is 407 Å². The summed E-state index contributed by atoms with van der Waals surface area (Å²) in [5.74, 6) is -9.81. The second-order valence-electron chi connectivity index (χ2n) is 17.5.